The third-order valence-corrected chi connectivity index (χ3v) is 8.08. The van der Waals surface area contributed by atoms with Crippen LogP contribution >= 0.6 is 0 Å². The number of hydrogen-bond donors (Lipinski definition) is 1. The molecule has 90 valence electrons. The molecule has 15 heavy (non-hydrogen) atoms. The van der Waals surface area contributed by atoms with Gasteiger partial charge in [0.1, 0.15) is 6.10 Å². The van der Waals surface area contributed by atoms with Crippen molar-refractivity contribution in [2.45, 2.75) is 57.5 Å². The molecule has 2 atom stereocenters. The van der Waals surface area contributed by atoms with Crippen molar-refractivity contribution in [3.63, 3.8) is 0 Å². The van der Waals surface area contributed by atoms with Crippen LogP contribution in [-0.2, 0) is 9.16 Å². The van der Waals surface area contributed by atoms with Crippen molar-refractivity contribution < 1.29 is 14.3 Å². The van der Waals surface area contributed by atoms with Crippen molar-refractivity contribution in [2.75, 3.05) is 13.2 Å². The lowest BCUT2D eigenvalue weighted by molar-refractivity contribution is 0.236. The van der Waals surface area contributed by atoms with E-state index in [2.05, 4.69) is 33.9 Å². The zero-order valence-electron chi connectivity index (χ0n) is 10.5. The number of aliphatic hydroxyl groups excluding tert-OH is 1. The summed E-state index contributed by atoms with van der Waals surface area (Å²) in [5.41, 5.74) is 0. The fourth-order valence-electron chi connectivity index (χ4n) is 1.24. The summed E-state index contributed by atoms with van der Waals surface area (Å²) in [6.07, 6.45) is 1.23. The van der Waals surface area contributed by atoms with Crippen LogP contribution in [0.15, 0.2) is 0 Å². The minimum atomic E-state index is -1.59. The van der Waals surface area contributed by atoms with Crippen LogP contribution in [0.2, 0.25) is 18.1 Å². The normalized spacial score (nSPS) is 26.8. The summed E-state index contributed by atoms with van der Waals surface area (Å²) in [5, 5.41) is 9.08. The van der Waals surface area contributed by atoms with Crippen molar-refractivity contribution in [1.29, 1.82) is 0 Å². The molecular formula is C11H24O3Si. The number of hydrogen-bond acceptors (Lipinski definition) is 3. The maximum atomic E-state index is 8.81. The predicted molar refractivity (Wildman–Crippen MR) is 63.5 cm³/mol. The highest BCUT2D eigenvalue weighted by molar-refractivity contribution is 6.74. The summed E-state index contributed by atoms with van der Waals surface area (Å²) < 4.78 is 11.3. The van der Waals surface area contributed by atoms with E-state index in [4.69, 9.17) is 14.3 Å². The van der Waals surface area contributed by atoms with Crippen molar-refractivity contribution >= 4 is 8.32 Å². The van der Waals surface area contributed by atoms with Gasteiger partial charge in [0.2, 0.25) is 0 Å². The van der Waals surface area contributed by atoms with Crippen molar-refractivity contribution in [3.05, 3.63) is 0 Å². The molecule has 0 unspecified atom stereocenters. The average molecular weight is 232 g/mol. The van der Waals surface area contributed by atoms with E-state index >= 15 is 0 Å². The highest BCUT2D eigenvalue weighted by Crippen LogP contribution is 2.37. The minimum absolute atomic E-state index is 0.0769. The molecule has 1 heterocycles. The van der Waals surface area contributed by atoms with Gasteiger partial charge in [-0.2, -0.15) is 0 Å². The zero-order valence-corrected chi connectivity index (χ0v) is 11.5. The van der Waals surface area contributed by atoms with Gasteiger partial charge in [0.15, 0.2) is 8.32 Å². The molecule has 1 saturated heterocycles. The Hall–Kier alpha value is 0.0969. The van der Waals surface area contributed by atoms with Gasteiger partial charge in [-0.05, 0) is 24.6 Å². The second-order valence-electron chi connectivity index (χ2n) is 5.79. The lowest BCUT2D eigenvalue weighted by Crippen LogP contribution is -2.41. The zero-order chi connectivity index (χ0) is 11.7. The number of epoxide rings is 1. The Balaban J connectivity index is 2.20. The molecule has 1 rings (SSSR count). The molecule has 1 N–H and O–H groups in total. The van der Waals surface area contributed by atoms with Crippen LogP contribution in [-0.4, -0.2) is 38.8 Å². The van der Waals surface area contributed by atoms with E-state index in [0.717, 1.165) is 13.0 Å². The first-order valence-electron chi connectivity index (χ1n) is 5.68. The quantitative estimate of drug-likeness (QED) is 0.583. The van der Waals surface area contributed by atoms with E-state index in [-0.39, 0.29) is 23.9 Å². The van der Waals surface area contributed by atoms with E-state index < -0.39 is 8.32 Å². The van der Waals surface area contributed by atoms with Gasteiger partial charge in [-0.1, -0.05) is 20.8 Å². The SMILES string of the molecule is CC(C)(C)[Si](C)(C)OCC[C@@H]1O[C@H]1CO. The minimum Gasteiger partial charge on any atom is -0.417 e. The van der Waals surface area contributed by atoms with E-state index in [1.54, 1.807) is 0 Å². The largest absolute Gasteiger partial charge is 0.417 e. The van der Waals surface area contributed by atoms with Crippen LogP contribution in [0.4, 0.5) is 0 Å². The van der Waals surface area contributed by atoms with Crippen molar-refractivity contribution in [1.82, 2.24) is 0 Å². The lowest BCUT2D eigenvalue weighted by atomic mass is 10.2. The number of aliphatic hydroxyl groups is 1. The first-order valence-corrected chi connectivity index (χ1v) is 8.59. The van der Waals surface area contributed by atoms with E-state index in [9.17, 15) is 0 Å². The third kappa shape index (κ3) is 3.55. The molecule has 0 aromatic rings. The molecular weight excluding hydrogens is 208 g/mol. The van der Waals surface area contributed by atoms with Crippen LogP contribution in [0.5, 0.6) is 0 Å². The van der Waals surface area contributed by atoms with E-state index in [0.29, 0.717) is 0 Å². The standard InChI is InChI=1S/C11H24O3Si/c1-11(2,3)15(4,5)13-7-6-9-10(8-12)14-9/h9-10,12H,6-8H2,1-5H3/t9-,10-/m0/s1. The fourth-order valence-corrected chi connectivity index (χ4v) is 2.30. The summed E-state index contributed by atoms with van der Waals surface area (Å²) in [6.45, 7) is 12.1. The summed E-state index contributed by atoms with van der Waals surface area (Å²) in [4.78, 5) is 0. The first-order chi connectivity index (χ1) is 6.78. The molecule has 4 heteroatoms. The lowest BCUT2D eigenvalue weighted by Gasteiger charge is -2.36. The molecule has 1 aliphatic heterocycles. The molecule has 0 aliphatic carbocycles. The molecule has 0 radical (unpaired) electrons. The molecule has 0 saturated carbocycles. The number of rotatable bonds is 5. The average Bonchev–Trinajstić information content (AvgIpc) is 2.81. The first kappa shape index (κ1) is 13.2. The van der Waals surface area contributed by atoms with Crippen molar-refractivity contribution in [2.24, 2.45) is 0 Å². The Kier molecular flexibility index (Phi) is 3.98. The summed E-state index contributed by atoms with van der Waals surface area (Å²) >= 11 is 0. The van der Waals surface area contributed by atoms with Crippen LogP contribution in [0, 0.1) is 0 Å². The Bertz CT molecular complexity index is 210. The van der Waals surface area contributed by atoms with Crippen molar-refractivity contribution in [3.8, 4) is 0 Å². The van der Waals surface area contributed by atoms with Crippen LogP contribution in [0.25, 0.3) is 0 Å². The summed E-state index contributed by atoms with van der Waals surface area (Å²) in [5.74, 6) is 0. The number of ether oxygens (including phenoxy) is 1. The second kappa shape index (κ2) is 4.53. The van der Waals surface area contributed by atoms with Gasteiger partial charge in [-0.25, -0.2) is 0 Å². The molecule has 0 spiro atoms. The highest BCUT2D eigenvalue weighted by atomic mass is 28.4. The summed E-state index contributed by atoms with van der Waals surface area (Å²) in [6, 6.07) is 0. The molecule has 0 aromatic heterocycles. The van der Waals surface area contributed by atoms with E-state index in [1.807, 2.05) is 0 Å². The smallest absolute Gasteiger partial charge is 0.191 e. The maximum absolute atomic E-state index is 8.81. The highest BCUT2D eigenvalue weighted by Gasteiger charge is 2.40. The fraction of sp³-hybridized carbons (Fsp3) is 1.00. The van der Waals surface area contributed by atoms with Gasteiger partial charge in [-0.3, -0.25) is 0 Å². The Labute approximate surface area is 93.9 Å². The molecule has 1 fully saturated rings. The molecule has 0 aromatic carbocycles. The Morgan fingerprint density at radius 3 is 2.27 bits per heavy atom. The van der Waals surface area contributed by atoms with Gasteiger partial charge >= 0.3 is 0 Å². The molecule has 0 bridgehead atoms. The van der Waals surface area contributed by atoms with Gasteiger partial charge in [0.05, 0.1) is 12.7 Å². The van der Waals surface area contributed by atoms with Crippen LogP contribution in [0.3, 0.4) is 0 Å². The topological polar surface area (TPSA) is 42.0 Å². The van der Waals surface area contributed by atoms with Gasteiger partial charge < -0.3 is 14.3 Å². The monoisotopic (exact) mass is 232 g/mol. The van der Waals surface area contributed by atoms with Crippen LogP contribution in [0.1, 0.15) is 27.2 Å². The van der Waals surface area contributed by atoms with Crippen LogP contribution < -0.4 is 0 Å². The Morgan fingerprint density at radius 2 is 1.87 bits per heavy atom. The third-order valence-electron chi connectivity index (χ3n) is 3.54. The van der Waals surface area contributed by atoms with Gasteiger partial charge in [0, 0.05) is 6.61 Å². The summed E-state index contributed by atoms with van der Waals surface area (Å²) in [7, 11) is -1.59. The second-order valence-corrected chi connectivity index (χ2v) is 10.6. The maximum Gasteiger partial charge on any atom is 0.191 e. The predicted octanol–water partition coefficient (Wildman–Crippen LogP) is 2.16. The van der Waals surface area contributed by atoms with Gasteiger partial charge in [-0.15, -0.1) is 0 Å². The van der Waals surface area contributed by atoms with Gasteiger partial charge in [0.25, 0.3) is 0 Å². The Morgan fingerprint density at radius 1 is 1.27 bits per heavy atom. The molecule has 3 nitrogen and oxygen atoms in total. The molecule has 0 amide bonds. The van der Waals surface area contributed by atoms with E-state index in [1.165, 1.54) is 0 Å². The molecule has 1 aliphatic rings.